The Bertz CT molecular complexity index is 1100. The van der Waals surface area contributed by atoms with Gasteiger partial charge in [0.15, 0.2) is 11.8 Å². The number of nitrogens with one attached hydrogen (secondary N) is 2. The summed E-state index contributed by atoms with van der Waals surface area (Å²) in [6.07, 6.45) is -3.05. The molecule has 0 bridgehead atoms. The molecule has 2 aromatic carbocycles. The smallest absolute Gasteiger partial charge is 0.332 e. The number of ether oxygens (including phenoxy) is 2. The second-order valence-corrected chi connectivity index (χ2v) is 8.49. The summed E-state index contributed by atoms with van der Waals surface area (Å²) in [6.45, 7) is 4.80. The minimum absolute atomic E-state index is 0.000128. The van der Waals surface area contributed by atoms with Crippen LogP contribution in [0.1, 0.15) is 35.3 Å². The maximum atomic E-state index is 13.0. The Morgan fingerprint density at radius 1 is 1.03 bits per heavy atom. The highest BCUT2D eigenvalue weighted by molar-refractivity contribution is 6.01. The van der Waals surface area contributed by atoms with Crippen LogP contribution in [0.15, 0.2) is 42.5 Å². The third kappa shape index (κ3) is 5.96. The quantitative estimate of drug-likeness (QED) is 0.273. The number of carbonyl (C=O) groups excluding carboxylic acids is 4. The minimum atomic E-state index is -1.42. The van der Waals surface area contributed by atoms with Gasteiger partial charge in [0.2, 0.25) is 6.41 Å². The van der Waals surface area contributed by atoms with Crippen molar-refractivity contribution in [2.45, 2.75) is 51.5 Å². The average molecular weight is 485 g/mol. The van der Waals surface area contributed by atoms with Gasteiger partial charge in [-0.3, -0.25) is 14.4 Å². The largest absolute Gasteiger partial charge is 0.505 e. The summed E-state index contributed by atoms with van der Waals surface area (Å²) in [4.78, 5) is 49.4. The van der Waals surface area contributed by atoms with Crippen LogP contribution < -0.4 is 10.6 Å². The van der Waals surface area contributed by atoms with E-state index in [4.69, 9.17) is 9.47 Å². The Morgan fingerprint density at radius 3 is 2.34 bits per heavy atom. The van der Waals surface area contributed by atoms with Crippen molar-refractivity contribution in [1.82, 2.24) is 5.32 Å². The predicted octanol–water partition coefficient (Wildman–Crippen LogP) is 1.46. The number of aryl methyl sites for hydroxylation is 1. The van der Waals surface area contributed by atoms with Crippen LogP contribution in [-0.2, 0) is 30.3 Å². The molecule has 0 saturated carbocycles. The number of anilines is 1. The lowest BCUT2D eigenvalue weighted by atomic mass is 9.91. The molecule has 0 aromatic heterocycles. The topological polar surface area (TPSA) is 151 Å². The van der Waals surface area contributed by atoms with E-state index < -0.39 is 53.9 Å². The second-order valence-electron chi connectivity index (χ2n) is 8.49. The molecule has 0 unspecified atom stereocenters. The molecule has 186 valence electrons. The number of aromatic hydroxyl groups is 1. The van der Waals surface area contributed by atoms with Crippen LogP contribution in [0.3, 0.4) is 0 Å². The molecule has 3 rings (SSSR count). The number of carbonyl (C=O) groups is 4. The molecule has 2 aromatic rings. The SMILES string of the molecule is Cc1ccc(C[C@H]2C(=O)O[C@H](C)[C@H](NC(=O)c3cccc(NC=O)c3O)C(=O)O[C@@H](C)[C@@H]2O)cc1. The Kier molecular flexibility index (Phi) is 8.08. The van der Waals surface area contributed by atoms with Crippen LogP contribution in [0, 0.1) is 12.8 Å². The van der Waals surface area contributed by atoms with Crippen LogP contribution in [0.4, 0.5) is 5.69 Å². The number of hydrogen-bond acceptors (Lipinski definition) is 8. The van der Waals surface area contributed by atoms with E-state index in [1.807, 2.05) is 31.2 Å². The third-order valence-electron chi connectivity index (χ3n) is 5.88. The number of esters is 2. The van der Waals surface area contributed by atoms with E-state index in [1.165, 1.54) is 32.0 Å². The summed E-state index contributed by atoms with van der Waals surface area (Å²) < 4.78 is 10.8. The van der Waals surface area contributed by atoms with Gasteiger partial charge in [-0.15, -0.1) is 0 Å². The van der Waals surface area contributed by atoms with E-state index in [2.05, 4.69) is 10.6 Å². The molecule has 0 spiro atoms. The standard InChI is InChI=1S/C25H28N2O8/c1-13-7-9-16(10-8-13)11-18-21(29)15(3)35-25(33)20(14(2)34-24(18)32)27-23(31)17-5-4-6-19(22(17)30)26-12-28/h4-10,12,14-15,18,20-21,29-30H,11H2,1-3H3,(H,26,28)(H,27,31)/t14-,15+,18-,20+,21+/m1/s1. The number of phenols is 1. The fourth-order valence-electron chi connectivity index (χ4n) is 3.81. The number of hydrogen-bond donors (Lipinski definition) is 4. The minimum Gasteiger partial charge on any atom is -0.505 e. The van der Waals surface area contributed by atoms with Crippen molar-refractivity contribution in [2.75, 3.05) is 5.32 Å². The number of aliphatic hydroxyl groups excluding tert-OH is 1. The van der Waals surface area contributed by atoms with Crippen molar-refractivity contribution in [3.63, 3.8) is 0 Å². The van der Waals surface area contributed by atoms with Crippen molar-refractivity contribution in [3.05, 3.63) is 59.2 Å². The van der Waals surface area contributed by atoms with E-state index in [-0.39, 0.29) is 17.7 Å². The van der Waals surface area contributed by atoms with Crippen LogP contribution in [0.25, 0.3) is 0 Å². The van der Waals surface area contributed by atoms with Crippen LogP contribution in [0.5, 0.6) is 5.75 Å². The first-order valence-corrected chi connectivity index (χ1v) is 11.1. The van der Waals surface area contributed by atoms with Crippen molar-refractivity contribution < 1.29 is 38.9 Å². The first kappa shape index (κ1) is 25.7. The van der Waals surface area contributed by atoms with Crippen molar-refractivity contribution in [2.24, 2.45) is 5.92 Å². The number of aliphatic hydroxyl groups is 1. The Balaban J connectivity index is 1.83. The van der Waals surface area contributed by atoms with E-state index in [9.17, 15) is 29.4 Å². The molecule has 4 N–H and O–H groups in total. The summed E-state index contributed by atoms with van der Waals surface area (Å²) >= 11 is 0. The molecule has 1 aliphatic heterocycles. The molecule has 1 fully saturated rings. The second kappa shape index (κ2) is 11.0. The molecule has 2 amide bonds. The Morgan fingerprint density at radius 2 is 1.69 bits per heavy atom. The van der Waals surface area contributed by atoms with Gasteiger partial charge in [-0.25, -0.2) is 4.79 Å². The predicted molar refractivity (Wildman–Crippen MR) is 125 cm³/mol. The maximum absolute atomic E-state index is 13.0. The average Bonchev–Trinajstić information content (AvgIpc) is 2.84. The van der Waals surface area contributed by atoms with Gasteiger partial charge in [0, 0.05) is 0 Å². The van der Waals surface area contributed by atoms with E-state index in [1.54, 1.807) is 0 Å². The van der Waals surface area contributed by atoms with Crippen LogP contribution in [0.2, 0.25) is 0 Å². The molecule has 10 nitrogen and oxygen atoms in total. The number of benzene rings is 2. The van der Waals surface area contributed by atoms with E-state index >= 15 is 0 Å². The number of para-hydroxylation sites is 1. The van der Waals surface area contributed by atoms with Crippen molar-refractivity contribution in [1.29, 1.82) is 0 Å². The highest BCUT2D eigenvalue weighted by atomic mass is 16.6. The van der Waals surface area contributed by atoms with Gasteiger partial charge in [-0.05, 0) is 44.9 Å². The van der Waals surface area contributed by atoms with Crippen LogP contribution >= 0.6 is 0 Å². The molecular weight excluding hydrogens is 456 g/mol. The number of amides is 2. The monoisotopic (exact) mass is 484 g/mol. The summed E-state index contributed by atoms with van der Waals surface area (Å²) in [5, 5.41) is 25.8. The van der Waals surface area contributed by atoms with Gasteiger partial charge in [0.25, 0.3) is 5.91 Å². The highest BCUT2D eigenvalue weighted by Crippen LogP contribution is 2.28. The molecule has 0 aliphatic carbocycles. The van der Waals surface area contributed by atoms with Crippen molar-refractivity contribution >= 4 is 29.9 Å². The first-order chi connectivity index (χ1) is 16.6. The van der Waals surface area contributed by atoms with Gasteiger partial charge in [0.05, 0.1) is 17.2 Å². The van der Waals surface area contributed by atoms with Crippen LogP contribution in [-0.4, -0.2) is 58.8 Å². The third-order valence-corrected chi connectivity index (χ3v) is 5.88. The van der Waals surface area contributed by atoms with Gasteiger partial charge in [-0.1, -0.05) is 35.9 Å². The molecule has 1 heterocycles. The Hall–Kier alpha value is -3.92. The fraction of sp³-hybridized carbons (Fsp3) is 0.360. The number of rotatable bonds is 6. The first-order valence-electron chi connectivity index (χ1n) is 11.1. The summed E-state index contributed by atoms with van der Waals surface area (Å²) in [7, 11) is 0. The maximum Gasteiger partial charge on any atom is 0.332 e. The molecular formula is C25H28N2O8. The lowest BCUT2D eigenvalue weighted by Gasteiger charge is -2.25. The lowest BCUT2D eigenvalue weighted by Crippen LogP contribution is -2.50. The number of phenolic OH excluding ortho intramolecular Hbond substituents is 1. The van der Waals surface area contributed by atoms with Gasteiger partial charge >= 0.3 is 11.9 Å². The summed E-state index contributed by atoms with van der Waals surface area (Å²) in [6, 6.07) is 10.1. The van der Waals surface area contributed by atoms with E-state index in [0.29, 0.717) is 6.41 Å². The van der Waals surface area contributed by atoms with Gasteiger partial charge in [0.1, 0.15) is 18.3 Å². The highest BCUT2D eigenvalue weighted by Gasteiger charge is 2.41. The molecule has 1 saturated heterocycles. The summed E-state index contributed by atoms with van der Waals surface area (Å²) in [5.74, 6) is -4.02. The molecule has 0 radical (unpaired) electrons. The lowest BCUT2D eigenvalue weighted by molar-refractivity contribution is -0.159. The molecule has 5 atom stereocenters. The van der Waals surface area contributed by atoms with E-state index in [0.717, 1.165) is 11.1 Å². The zero-order valence-electron chi connectivity index (χ0n) is 19.6. The van der Waals surface area contributed by atoms with Gasteiger partial charge < -0.3 is 30.3 Å². The summed E-state index contributed by atoms with van der Waals surface area (Å²) in [5.41, 5.74) is 1.62. The van der Waals surface area contributed by atoms with Gasteiger partial charge in [-0.2, -0.15) is 0 Å². The molecule has 35 heavy (non-hydrogen) atoms. The zero-order chi connectivity index (χ0) is 25.7. The zero-order valence-corrected chi connectivity index (χ0v) is 19.6. The normalized spacial score (nSPS) is 24.7. The molecule has 10 heteroatoms. The fourth-order valence-corrected chi connectivity index (χ4v) is 3.81. The number of cyclic esters (lactones) is 2. The van der Waals surface area contributed by atoms with Crippen molar-refractivity contribution in [3.8, 4) is 5.75 Å². The Labute approximate surface area is 202 Å². The molecule has 1 aliphatic rings.